The second kappa shape index (κ2) is 8.37. The van der Waals surface area contributed by atoms with E-state index in [1.54, 1.807) is 25.3 Å². The van der Waals surface area contributed by atoms with Crippen LogP contribution in [0.15, 0.2) is 63.9 Å². The van der Waals surface area contributed by atoms with Gasteiger partial charge in [-0.15, -0.1) is 0 Å². The molecule has 1 heterocycles. The number of hydrogen-bond acceptors (Lipinski definition) is 6. The predicted octanol–water partition coefficient (Wildman–Crippen LogP) is 3.86. The molecule has 6 nitrogen and oxygen atoms in total. The zero-order valence-corrected chi connectivity index (χ0v) is 16.0. The number of methoxy groups -OCH3 is 1. The molecule has 0 aliphatic rings. The fourth-order valence-corrected chi connectivity index (χ4v) is 3.54. The van der Waals surface area contributed by atoms with Crippen LogP contribution in [0.25, 0.3) is 11.5 Å². The van der Waals surface area contributed by atoms with E-state index in [2.05, 4.69) is 4.98 Å². The van der Waals surface area contributed by atoms with Crippen LogP contribution in [-0.2, 0) is 27.1 Å². The van der Waals surface area contributed by atoms with Crippen LogP contribution in [0.1, 0.15) is 18.4 Å². The smallest absolute Gasteiger partial charge is 0.296 e. The van der Waals surface area contributed by atoms with Crippen LogP contribution in [0.3, 0.4) is 0 Å². The minimum Gasteiger partial charge on any atom is -0.497 e. The van der Waals surface area contributed by atoms with Crippen molar-refractivity contribution in [2.24, 2.45) is 0 Å². The molecule has 0 spiro atoms. The molecule has 0 fully saturated rings. The van der Waals surface area contributed by atoms with Crippen LogP contribution >= 0.6 is 0 Å². The van der Waals surface area contributed by atoms with Crippen LogP contribution in [0.4, 0.5) is 0 Å². The molecular weight excluding hydrogens is 366 g/mol. The van der Waals surface area contributed by atoms with E-state index in [0.29, 0.717) is 24.4 Å². The third-order valence-corrected chi connectivity index (χ3v) is 5.37. The van der Waals surface area contributed by atoms with Crippen molar-refractivity contribution in [3.8, 4) is 17.2 Å². The first kappa shape index (κ1) is 19.1. The molecule has 0 unspecified atom stereocenters. The molecular formula is C20H21NO5S. The Kier molecular flexibility index (Phi) is 5.93. The molecule has 0 saturated carbocycles. The number of benzene rings is 2. The van der Waals surface area contributed by atoms with Crippen molar-refractivity contribution < 1.29 is 21.8 Å². The largest absolute Gasteiger partial charge is 0.497 e. The first-order valence-electron chi connectivity index (χ1n) is 8.61. The minimum atomic E-state index is -3.78. The lowest BCUT2D eigenvalue weighted by atomic mass is 10.2. The van der Waals surface area contributed by atoms with Crippen molar-refractivity contribution >= 4 is 10.1 Å². The lowest BCUT2D eigenvalue weighted by Crippen LogP contribution is -2.09. The summed E-state index contributed by atoms with van der Waals surface area (Å²) < 4.78 is 40.5. The number of hydrogen-bond donors (Lipinski definition) is 0. The summed E-state index contributed by atoms with van der Waals surface area (Å²) in [4.78, 5) is 4.66. The highest BCUT2D eigenvalue weighted by atomic mass is 32.2. The quantitative estimate of drug-likeness (QED) is 0.546. The molecule has 142 valence electrons. The van der Waals surface area contributed by atoms with Gasteiger partial charge in [-0.05, 0) is 36.4 Å². The Bertz CT molecular complexity index is 979. The second-order valence-electron chi connectivity index (χ2n) is 5.81. The van der Waals surface area contributed by atoms with Gasteiger partial charge in [-0.1, -0.05) is 25.1 Å². The van der Waals surface area contributed by atoms with Gasteiger partial charge in [0.2, 0.25) is 5.89 Å². The predicted molar refractivity (Wildman–Crippen MR) is 101 cm³/mol. The summed E-state index contributed by atoms with van der Waals surface area (Å²) in [6, 6.07) is 15.5. The summed E-state index contributed by atoms with van der Waals surface area (Å²) >= 11 is 0. The Hall–Kier alpha value is -2.64. The molecule has 3 rings (SSSR count). The van der Waals surface area contributed by atoms with Gasteiger partial charge in [-0.25, -0.2) is 4.98 Å². The van der Waals surface area contributed by atoms with Gasteiger partial charge in [0.15, 0.2) is 0 Å². The average Bonchev–Trinajstić information content (AvgIpc) is 3.12. The first-order valence-corrected chi connectivity index (χ1v) is 10.0. The molecule has 3 aromatic rings. The maximum absolute atomic E-state index is 12.2. The number of ether oxygens (including phenoxy) is 1. The maximum atomic E-state index is 12.2. The molecule has 0 aliphatic heterocycles. The number of aryl methyl sites for hydroxylation is 1. The van der Waals surface area contributed by atoms with Crippen molar-refractivity contribution in [2.75, 3.05) is 13.7 Å². The maximum Gasteiger partial charge on any atom is 0.296 e. The van der Waals surface area contributed by atoms with Gasteiger partial charge < -0.3 is 9.15 Å². The molecule has 0 amide bonds. The first-order chi connectivity index (χ1) is 13.0. The normalized spacial score (nSPS) is 11.5. The third kappa shape index (κ3) is 4.56. The van der Waals surface area contributed by atoms with Gasteiger partial charge >= 0.3 is 0 Å². The van der Waals surface area contributed by atoms with Crippen molar-refractivity contribution in [2.45, 2.75) is 24.7 Å². The van der Waals surface area contributed by atoms with E-state index in [-0.39, 0.29) is 11.5 Å². The average molecular weight is 387 g/mol. The van der Waals surface area contributed by atoms with Gasteiger partial charge in [0.25, 0.3) is 10.1 Å². The summed E-state index contributed by atoms with van der Waals surface area (Å²) in [7, 11) is -2.17. The molecule has 0 atom stereocenters. The fraction of sp³-hybridized carbons (Fsp3) is 0.250. The van der Waals surface area contributed by atoms with Crippen LogP contribution in [0, 0.1) is 0 Å². The minimum absolute atomic E-state index is 0.00118. The van der Waals surface area contributed by atoms with E-state index in [0.717, 1.165) is 17.1 Å². The summed E-state index contributed by atoms with van der Waals surface area (Å²) in [6.07, 6.45) is 0.999. The standard InChI is InChI=1S/C20H21NO5S/c1-3-19-18(13-14-25-27(22,23)17-7-5-4-6-8-17)21-20(26-19)15-9-11-16(24-2)12-10-15/h4-12H,3,13-14H2,1-2H3. The molecule has 2 aromatic carbocycles. The molecule has 0 saturated heterocycles. The Morgan fingerprint density at radius 3 is 2.37 bits per heavy atom. The number of rotatable bonds is 8. The van der Waals surface area contributed by atoms with E-state index >= 15 is 0 Å². The summed E-state index contributed by atoms with van der Waals surface area (Å²) in [6.45, 7) is 1.96. The topological polar surface area (TPSA) is 78.6 Å². The van der Waals surface area contributed by atoms with Crippen molar-refractivity contribution in [1.82, 2.24) is 4.98 Å². The number of nitrogens with zero attached hydrogens (tertiary/aromatic N) is 1. The zero-order chi connectivity index (χ0) is 19.3. The van der Waals surface area contributed by atoms with Gasteiger partial charge in [-0.2, -0.15) is 8.42 Å². The molecule has 7 heteroatoms. The van der Waals surface area contributed by atoms with Crippen LogP contribution in [0.2, 0.25) is 0 Å². The zero-order valence-electron chi connectivity index (χ0n) is 15.2. The molecule has 0 N–H and O–H groups in total. The van der Waals surface area contributed by atoms with Crippen molar-refractivity contribution in [3.05, 3.63) is 66.1 Å². The number of oxazole rings is 1. The highest BCUT2D eigenvalue weighted by Crippen LogP contribution is 2.25. The third-order valence-electron chi connectivity index (χ3n) is 4.05. The van der Waals surface area contributed by atoms with E-state index in [1.165, 1.54) is 12.1 Å². The summed E-state index contributed by atoms with van der Waals surface area (Å²) in [5, 5.41) is 0. The Morgan fingerprint density at radius 1 is 1.04 bits per heavy atom. The lowest BCUT2D eigenvalue weighted by Gasteiger charge is -2.04. The van der Waals surface area contributed by atoms with E-state index in [4.69, 9.17) is 13.3 Å². The van der Waals surface area contributed by atoms with Gasteiger partial charge in [0.05, 0.1) is 24.3 Å². The Labute approximate surface area is 158 Å². The lowest BCUT2D eigenvalue weighted by molar-refractivity contribution is 0.320. The number of aromatic nitrogens is 1. The summed E-state index contributed by atoms with van der Waals surface area (Å²) in [5.74, 6) is 1.97. The van der Waals surface area contributed by atoms with Crippen molar-refractivity contribution in [3.63, 3.8) is 0 Å². The van der Waals surface area contributed by atoms with Crippen LogP contribution in [0.5, 0.6) is 5.75 Å². The van der Waals surface area contributed by atoms with Gasteiger partial charge in [0.1, 0.15) is 11.5 Å². The van der Waals surface area contributed by atoms with Gasteiger partial charge in [-0.3, -0.25) is 4.18 Å². The van der Waals surface area contributed by atoms with Crippen molar-refractivity contribution in [1.29, 1.82) is 0 Å². The van der Waals surface area contributed by atoms with E-state index in [9.17, 15) is 8.42 Å². The molecule has 0 radical (unpaired) electrons. The van der Waals surface area contributed by atoms with Gasteiger partial charge in [0, 0.05) is 18.4 Å². The molecule has 0 bridgehead atoms. The van der Waals surface area contributed by atoms with E-state index < -0.39 is 10.1 Å². The highest BCUT2D eigenvalue weighted by Gasteiger charge is 2.17. The SMILES string of the molecule is CCc1oc(-c2ccc(OC)cc2)nc1CCOS(=O)(=O)c1ccccc1. The Balaban J connectivity index is 1.70. The van der Waals surface area contributed by atoms with Crippen LogP contribution in [-0.4, -0.2) is 27.1 Å². The summed E-state index contributed by atoms with van der Waals surface area (Å²) in [5.41, 5.74) is 1.53. The second-order valence-corrected chi connectivity index (χ2v) is 7.43. The highest BCUT2D eigenvalue weighted by molar-refractivity contribution is 7.86. The Morgan fingerprint density at radius 2 is 1.74 bits per heavy atom. The van der Waals surface area contributed by atoms with E-state index in [1.807, 2.05) is 31.2 Å². The molecule has 1 aromatic heterocycles. The molecule has 27 heavy (non-hydrogen) atoms. The fourth-order valence-electron chi connectivity index (χ4n) is 2.62. The van der Waals surface area contributed by atoms with Crippen LogP contribution < -0.4 is 4.74 Å². The molecule has 0 aliphatic carbocycles. The monoisotopic (exact) mass is 387 g/mol.